The lowest BCUT2D eigenvalue weighted by Crippen LogP contribution is -2.31. The average molecular weight is 215 g/mol. The minimum absolute atomic E-state index is 0.462. The van der Waals surface area contributed by atoms with Crippen LogP contribution in [0.15, 0.2) is 0 Å². The molecular weight excluding hydrogens is 194 g/mol. The lowest BCUT2D eigenvalue weighted by atomic mass is 10.2. The van der Waals surface area contributed by atoms with E-state index in [2.05, 4.69) is 4.90 Å². The Hall–Kier alpha value is -0.610. The molecule has 0 radical (unpaired) electrons. The normalized spacial score (nSPS) is 18.1. The van der Waals surface area contributed by atoms with Crippen molar-refractivity contribution >= 4 is 5.97 Å². The molecule has 1 aliphatic rings. The first kappa shape index (κ1) is 12.5. The van der Waals surface area contributed by atoms with E-state index in [1.54, 1.807) is 0 Å². The molecule has 88 valence electrons. The van der Waals surface area contributed by atoms with Gasteiger partial charge in [0.25, 0.3) is 0 Å². The highest BCUT2D eigenvalue weighted by atomic mass is 16.5. The summed E-state index contributed by atoms with van der Waals surface area (Å²) in [5.74, 6) is 0.00189. The summed E-state index contributed by atoms with van der Waals surface area (Å²) in [6.07, 6.45) is 2.60. The summed E-state index contributed by atoms with van der Waals surface area (Å²) >= 11 is 0. The Morgan fingerprint density at radius 1 is 1.60 bits per heavy atom. The van der Waals surface area contributed by atoms with Gasteiger partial charge in [-0.2, -0.15) is 0 Å². The zero-order valence-corrected chi connectivity index (χ0v) is 9.61. The molecule has 0 heterocycles. The molecule has 0 aromatic rings. The smallest absolute Gasteiger partial charge is 0.332 e. The number of carboxylic acid groups (broad SMARTS) is 1. The number of carboxylic acids is 1. The van der Waals surface area contributed by atoms with Gasteiger partial charge in [-0.3, -0.25) is 0 Å². The Morgan fingerprint density at radius 2 is 2.27 bits per heavy atom. The molecule has 0 saturated heterocycles. The van der Waals surface area contributed by atoms with Crippen LogP contribution in [0, 0.1) is 5.92 Å². The van der Waals surface area contributed by atoms with Crippen molar-refractivity contribution in [1.29, 1.82) is 0 Å². The van der Waals surface area contributed by atoms with Gasteiger partial charge in [0.15, 0.2) is 6.10 Å². The number of ether oxygens (including phenoxy) is 1. The fraction of sp³-hybridized carbons (Fsp3) is 0.909. The van der Waals surface area contributed by atoms with Crippen molar-refractivity contribution in [3.8, 4) is 0 Å². The van der Waals surface area contributed by atoms with Gasteiger partial charge in [0, 0.05) is 19.7 Å². The average Bonchev–Trinajstić information content (AvgIpc) is 2.95. The highest BCUT2D eigenvalue weighted by Gasteiger charge is 2.24. The first-order chi connectivity index (χ1) is 7.13. The van der Waals surface area contributed by atoms with Gasteiger partial charge in [-0.15, -0.1) is 0 Å². The molecular formula is C11H21NO3. The molecule has 1 atom stereocenters. The van der Waals surface area contributed by atoms with Gasteiger partial charge in [0.1, 0.15) is 0 Å². The summed E-state index contributed by atoms with van der Waals surface area (Å²) < 4.78 is 5.15. The molecule has 4 nitrogen and oxygen atoms in total. The maximum atomic E-state index is 10.8. The fourth-order valence-electron chi connectivity index (χ4n) is 1.65. The third kappa shape index (κ3) is 5.14. The number of rotatable bonds is 8. The van der Waals surface area contributed by atoms with Gasteiger partial charge in [-0.05, 0) is 39.2 Å². The number of aliphatic carboxylic acids is 1. The predicted molar refractivity (Wildman–Crippen MR) is 57.9 cm³/mol. The third-order valence-electron chi connectivity index (χ3n) is 2.68. The van der Waals surface area contributed by atoms with E-state index in [4.69, 9.17) is 9.84 Å². The molecule has 0 bridgehead atoms. The van der Waals surface area contributed by atoms with Gasteiger partial charge >= 0.3 is 5.97 Å². The van der Waals surface area contributed by atoms with Crippen LogP contribution in [-0.4, -0.2) is 48.8 Å². The van der Waals surface area contributed by atoms with Crippen LogP contribution in [0.2, 0.25) is 0 Å². The van der Waals surface area contributed by atoms with E-state index in [0.717, 1.165) is 19.0 Å². The quantitative estimate of drug-likeness (QED) is 0.661. The zero-order chi connectivity index (χ0) is 11.3. The first-order valence-corrected chi connectivity index (χ1v) is 5.66. The topological polar surface area (TPSA) is 49.8 Å². The summed E-state index contributed by atoms with van der Waals surface area (Å²) in [5.41, 5.74) is 0. The summed E-state index contributed by atoms with van der Waals surface area (Å²) in [6.45, 7) is 4.18. The van der Waals surface area contributed by atoms with Gasteiger partial charge in [0.2, 0.25) is 0 Å². The van der Waals surface area contributed by atoms with Crippen LogP contribution in [0.1, 0.15) is 26.2 Å². The van der Waals surface area contributed by atoms with E-state index in [-0.39, 0.29) is 0 Å². The van der Waals surface area contributed by atoms with E-state index in [0.29, 0.717) is 13.0 Å². The molecule has 15 heavy (non-hydrogen) atoms. The van der Waals surface area contributed by atoms with Crippen LogP contribution in [0.25, 0.3) is 0 Å². The molecule has 0 aliphatic heterocycles. The molecule has 0 amide bonds. The van der Waals surface area contributed by atoms with Crippen LogP contribution < -0.4 is 0 Å². The highest BCUT2D eigenvalue weighted by molar-refractivity contribution is 5.72. The summed E-state index contributed by atoms with van der Waals surface area (Å²) in [6, 6.07) is 0. The second-order valence-corrected chi connectivity index (χ2v) is 4.28. The van der Waals surface area contributed by atoms with E-state index in [9.17, 15) is 4.79 Å². The monoisotopic (exact) mass is 215 g/mol. The minimum Gasteiger partial charge on any atom is -0.479 e. The molecule has 0 spiro atoms. The first-order valence-electron chi connectivity index (χ1n) is 5.66. The maximum absolute atomic E-state index is 10.8. The van der Waals surface area contributed by atoms with E-state index >= 15 is 0 Å². The standard InChI is InChI=1S/C11H21NO3/c1-3-15-10(11(13)14)6-7-12(2)8-9-4-5-9/h9-10H,3-8H2,1-2H3,(H,13,14). The second kappa shape index (κ2) is 6.08. The minimum atomic E-state index is -0.850. The summed E-state index contributed by atoms with van der Waals surface area (Å²) in [4.78, 5) is 13.0. The zero-order valence-electron chi connectivity index (χ0n) is 9.61. The highest BCUT2D eigenvalue weighted by Crippen LogP contribution is 2.29. The SMILES string of the molecule is CCOC(CCN(C)CC1CC1)C(=O)O. The Kier molecular flexibility index (Phi) is 5.05. The second-order valence-electron chi connectivity index (χ2n) is 4.28. The molecule has 1 N–H and O–H groups in total. The molecule has 1 fully saturated rings. The van der Waals surface area contributed by atoms with Crippen molar-refractivity contribution < 1.29 is 14.6 Å². The van der Waals surface area contributed by atoms with Crippen molar-refractivity contribution in [3.05, 3.63) is 0 Å². The van der Waals surface area contributed by atoms with Gasteiger partial charge < -0.3 is 14.7 Å². The molecule has 0 aromatic heterocycles. The number of hydrogen-bond donors (Lipinski definition) is 1. The summed E-state index contributed by atoms with van der Waals surface area (Å²) in [7, 11) is 2.04. The Bertz CT molecular complexity index is 204. The lowest BCUT2D eigenvalue weighted by molar-refractivity contribution is -0.150. The molecule has 0 aromatic carbocycles. The van der Waals surface area contributed by atoms with Crippen molar-refractivity contribution in [2.45, 2.75) is 32.3 Å². The molecule has 1 saturated carbocycles. The number of hydrogen-bond acceptors (Lipinski definition) is 3. The molecule has 1 unspecified atom stereocenters. The number of nitrogens with zero attached hydrogens (tertiary/aromatic N) is 1. The molecule has 1 rings (SSSR count). The molecule has 1 aliphatic carbocycles. The number of carbonyl (C=O) groups is 1. The Balaban J connectivity index is 2.15. The summed E-state index contributed by atoms with van der Waals surface area (Å²) in [5, 5.41) is 8.87. The van der Waals surface area contributed by atoms with Gasteiger partial charge in [0.05, 0.1) is 0 Å². The molecule has 4 heteroatoms. The van der Waals surface area contributed by atoms with Gasteiger partial charge in [-0.25, -0.2) is 4.79 Å². The van der Waals surface area contributed by atoms with Crippen LogP contribution in [-0.2, 0) is 9.53 Å². The Labute approximate surface area is 91.2 Å². The van der Waals surface area contributed by atoms with E-state index in [1.165, 1.54) is 12.8 Å². The van der Waals surface area contributed by atoms with Crippen molar-refractivity contribution in [3.63, 3.8) is 0 Å². The van der Waals surface area contributed by atoms with Crippen LogP contribution in [0.4, 0.5) is 0 Å². The fourth-order valence-corrected chi connectivity index (χ4v) is 1.65. The largest absolute Gasteiger partial charge is 0.479 e. The van der Waals surface area contributed by atoms with Crippen molar-refractivity contribution in [2.24, 2.45) is 5.92 Å². The van der Waals surface area contributed by atoms with E-state index < -0.39 is 12.1 Å². The van der Waals surface area contributed by atoms with Crippen molar-refractivity contribution in [1.82, 2.24) is 4.90 Å². The van der Waals surface area contributed by atoms with Gasteiger partial charge in [-0.1, -0.05) is 0 Å². The third-order valence-corrected chi connectivity index (χ3v) is 2.68. The predicted octanol–water partition coefficient (Wildman–Crippen LogP) is 1.21. The van der Waals surface area contributed by atoms with Crippen LogP contribution in [0.5, 0.6) is 0 Å². The van der Waals surface area contributed by atoms with Crippen molar-refractivity contribution in [2.75, 3.05) is 26.7 Å². The maximum Gasteiger partial charge on any atom is 0.332 e. The van der Waals surface area contributed by atoms with Crippen LogP contribution >= 0.6 is 0 Å². The lowest BCUT2D eigenvalue weighted by Gasteiger charge is -2.19. The van der Waals surface area contributed by atoms with Crippen LogP contribution in [0.3, 0.4) is 0 Å². The van der Waals surface area contributed by atoms with E-state index in [1.807, 2.05) is 14.0 Å². The Morgan fingerprint density at radius 3 is 2.73 bits per heavy atom.